The quantitative estimate of drug-likeness (QED) is 0.611. The summed E-state index contributed by atoms with van der Waals surface area (Å²) in [5, 5.41) is 12.1. The maximum Gasteiger partial charge on any atom is 0.0922 e. The summed E-state index contributed by atoms with van der Waals surface area (Å²) in [7, 11) is 1.89. The van der Waals surface area contributed by atoms with Crippen LogP contribution in [0.2, 0.25) is 0 Å². The third-order valence-electron chi connectivity index (χ3n) is 2.24. The van der Waals surface area contributed by atoms with E-state index in [-0.39, 0.29) is 12.6 Å². The molecule has 0 unspecified atom stereocenters. The second-order valence-electron chi connectivity index (χ2n) is 3.10. The van der Waals surface area contributed by atoms with Gasteiger partial charge in [0.1, 0.15) is 0 Å². The third kappa shape index (κ3) is 2.15. The second kappa shape index (κ2) is 4.74. The van der Waals surface area contributed by atoms with Gasteiger partial charge in [-0.25, -0.2) is 0 Å². The Labute approximate surface area is 78.8 Å². The van der Waals surface area contributed by atoms with Crippen molar-refractivity contribution in [1.82, 2.24) is 10.2 Å². The summed E-state index contributed by atoms with van der Waals surface area (Å²) in [5.74, 6) is 0. The van der Waals surface area contributed by atoms with E-state index in [9.17, 15) is 0 Å². The topological polar surface area (TPSA) is 35.5 Å². The van der Waals surface area contributed by atoms with Gasteiger partial charge in [0.25, 0.3) is 0 Å². The number of hydrogen-bond acceptors (Lipinski definition) is 3. The summed E-state index contributed by atoms with van der Waals surface area (Å²) < 4.78 is 0. The molecule has 1 heterocycles. The largest absolute Gasteiger partial charge is 0.394 e. The van der Waals surface area contributed by atoms with Crippen molar-refractivity contribution < 1.29 is 5.11 Å². The first-order valence-corrected chi connectivity index (χ1v) is 4.75. The number of rotatable bonds is 3. The molecule has 1 aliphatic rings. The molecule has 1 rings (SSSR count). The van der Waals surface area contributed by atoms with Crippen LogP contribution in [0.5, 0.6) is 0 Å². The highest BCUT2D eigenvalue weighted by molar-refractivity contribution is 7.80. The number of likely N-dealkylation sites (tertiary alicyclic amines) is 1. The van der Waals surface area contributed by atoms with E-state index in [0.29, 0.717) is 0 Å². The van der Waals surface area contributed by atoms with Gasteiger partial charge < -0.3 is 15.3 Å². The summed E-state index contributed by atoms with van der Waals surface area (Å²) in [6.45, 7) is 1.97. The Morgan fingerprint density at radius 2 is 2.50 bits per heavy atom. The Morgan fingerprint density at radius 1 is 1.75 bits per heavy atom. The van der Waals surface area contributed by atoms with Crippen molar-refractivity contribution in [3.63, 3.8) is 0 Å². The van der Waals surface area contributed by atoms with Gasteiger partial charge in [0.2, 0.25) is 0 Å². The Bertz CT molecular complexity index is 163. The molecule has 3 nitrogen and oxygen atoms in total. The van der Waals surface area contributed by atoms with Gasteiger partial charge in [-0.1, -0.05) is 12.2 Å². The molecule has 0 saturated carbocycles. The molecule has 1 aliphatic heterocycles. The Balaban J connectivity index is 2.43. The highest BCUT2D eigenvalue weighted by atomic mass is 32.1. The number of aliphatic hydroxyl groups excluding tert-OH is 1. The number of aliphatic hydroxyl groups is 1. The van der Waals surface area contributed by atoms with E-state index in [2.05, 4.69) is 10.2 Å². The smallest absolute Gasteiger partial charge is 0.0922 e. The molecule has 70 valence electrons. The number of likely N-dealkylation sites (N-methyl/N-ethyl adjacent to an activating group) is 1. The zero-order chi connectivity index (χ0) is 8.97. The van der Waals surface area contributed by atoms with E-state index in [1.54, 1.807) is 0 Å². The summed E-state index contributed by atoms with van der Waals surface area (Å²) in [6, 6.07) is 0.269. The van der Waals surface area contributed by atoms with Gasteiger partial charge in [-0.3, -0.25) is 0 Å². The Kier molecular flexibility index (Phi) is 3.91. The molecule has 0 aromatic heterocycles. The van der Waals surface area contributed by atoms with E-state index >= 15 is 0 Å². The number of nitrogens with zero attached hydrogens (tertiary/aromatic N) is 1. The number of nitrogens with one attached hydrogen (secondary N) is 1. The standard InChI is InChI=1S/C8H16N2OS/c1-9-5-8(12)10-4-2-3-7(10)6-11/h7,9,11H,2-6H2,1H3/t7-/m0/s1. The van der Waals surface area contributed by atoms with Crippen LogP contribution in [-0.4, -0.2) is 47.8 Å². The van der Waals surface area contributed by atoms with Crippen molar-refractivity contribution in [2.75, 3.05) is 26.7 Å². The molecule has 0 radical (unpaired) electrons. The molecule has 12 heavy (non-hydrogen) atoms. The molecule has 0 bridgehead atoms. The molecule has 4 heteroatoms. The molecule has 0 amide bonds. The number of thiocarbonyl (C=S) groups is 1. The van der Waals surface area contributed by atoms with Crippen LogP contribution in [0, 0.1) is 0 Å². The van der Waals surface area contributed by atoms with Crippen molar-refractivity contribution in [1.29, 1.82) is 0 Å². The molecular weight excluding hydrogens is 172 g/mol. The fourth-order valence-corrected chi connectivity index (χ4v) is 1.99. The zero-order valence-corrected chi connectivity index (χ0v) is 8.23. The summed E-state index contributed by atoms with van der Waals surface area (Å²) >= 11 is 5.21. The first kappa shape index (κ1) is 9.89. The van der Waals surface area contributed by atoms with Crippen molar-refractivity contribution in [3.8, 4) is 0 Å². The van der Waals surface area contributed by atoms with Crippen molar-refractivity contribution in [3.05, 3.63) is 0 Å². The molecular formula is C8H16N2OS. The fourth-order valence-electron chi connectivity index (χ4n) is 1.61. The molecule has 1 atom stereocenters. The van der Waals surface area contributed by atoms with Crippen molar-refractivity contribution in [2.24, 2.45) is 0 Å². The van der Waals surface area contributed by atoms with Crippen LogP contribution >= 0.6 is 12.2 Å². The summed E-state index contributed by atoms with van der Waals surface area (Å²) in [6.07, 6.45) is 2.22. The van der Waals surface area contributed by atoms with Gasteiger partial charge in [0, 0.05) is 13.1 Å². The van der Waals surface area contributed by atoms with Crippen LogP contribution in [0.4, 0.5) is 0 Å². The SMILES string of the molecule is CNCC(=S)N1CCC[C@H]1CO. The maximum atomic E-state index is 9.03. The van der Waals surface area contributed by atoms with Crippen LogP contribution in [0.25, 0.3) is 0 Å². The van der Waals surface area contributed by atoms with E-state index in [0.717, 1.165) is 30.9 Å². The van der Waals surface area contributed by atoms with Crippen LogP contribution in [0.1, 0.15) is 12.8 Å². The molecule has 1 fully saturated rings. The van der Waals surface area contributed by atoms with E-state index in [4.69, 9.17) is 17.3 Å². The molecule has 1 saturated heterocycles. The predicted molar refractivity (Wildman–Crippen MR) is 53.3 cm³/mol. The lowest BCUT2D eigenvalue weighted by molar-refractivity contribution is 0.209. The van der Waals surface area contributed by atoms with Gasteiger partial charge in [0.05, 0.1) is 17.6 Å². The van der Waals surface area contributed by atoms with Crippen LogP contribution < -0.4 is 5.32 Å². The Hall–Kier alpha value is -0.190. The molecule has 2 N–H and O–H groups in total. The third-order valence-corrected chi connectivity index (χ3v) is 2.62. The fraction of sp³-hybridized carbons (Fsp3) is 0.875. The number of hydrogen-bond donors (Lipinski definition) is 2. The monoisotopic (exact) mass is 188 g/mol. The minimum Gasteiger partial charge on any atom is -0.394 e. The lowest BCUT2D eigenvalue weighted by atomic mass is 10.2. The lowest BCUT2D eigenvalue weighted by Gasteiger charge is -2.25. The Morgan fingerprint density at radius 3 is 3.08 bits per heavy atom. The molecule has 0 aromatic rings. The van der Waals surface area contributed by atoms with Gasteiger partial charge in [-0.2, -0.15) is 0 Å². The molecule has 0 aromatic carbocycles. The lowest BCUT2D eigenvalue weighted by Crippen LogP contribution is -2.40. The van der Waals surface area contributed by atoms with Crippen LogP contribution in [0.3, 0.4) is 0 Å². The maximum absolute atomic E-state index is 9.03. The predicted octanol–water partition coefficient (Wildman–Crippen LogP) is -0.0101. The second-order valence-corrected chi connectivity index (χ2v) is 3.57. The highest BCUT2D eigenvalue weighted by Gasteiger charge is 2.24. The minimum atomic E-state index is 0.226. The van der Waals surface area contributed by atoms with E-state index in [1.807, 2.05) is 7.05 Å². The van der Waals surface area contributed by atoms with Gasteiger partial charge in [0.15, 0.2) is 0 Å². The normalized spacial score (nSPS) is 23.2. The van der Waals surface area contributed by atoms with Crippen LogP contribution in [0.15, 0.2) is 0 Å². The van der Waals surface area contributed by atoms with Gasteiger partial charge in [-0.05, 0) is 19.9 Å². The summed E-state index contributed by atoms with van der Waals surface area (Å²) in [5.41, 5.74) is 0. The van der Waals surface area contributed by atoms with E-state index in [1.165, 1.54) is 0 Å². The van der Waals surface area contributed by atoms with Crippen molar-refractivity contribution >= 4 is 17.2 Å². The average molecular weight is 188 g/mol. The zero-order valence-electron chi connectivity index (χ0n) is 7.42. The van der Waals surface area contributed by atoms with Gasteiger partial charge in [-0.15, -0.1) is 0 Å². The molecule has 0 spiro atoms. The minimum absolute atomic E-state index is 0.226. The highest BCUT2D eigenvalue weighted by Crippen LogP contribution is 2.16. The van der Waals surface area contributed by atoms with Gasteiger partial charge >= 0.3 is 0 Å². The van der Waals surface area contributed by atoms with Crippen LogP contribution in [-0.2, 0) is 0 Å². The summed E-state index contributed by atoms with van der Waals surface area (Å²) in [4.78, 5) is 3.06. The van der Waals surface area contributed by atoms with E-state index < -0.39 is 0 Å². The molecule has 0 aliphatic carbocycles. The average Bonchev–Trinajstić information content (AvgIpc) is 2.51. The first-order chi connectivity index (χ1) is 5.79. The van der Waals surface area contributed by atoms with Crippen molar-refractivity contribution in [2.45, 2.75) is 18.9 Å². The first-order valence-electron chi connectivity index (χ1n) is 4.34.